The standard InChI is InChI=1S/C22H37O2P/c1-3-4-5-11-18-25(19-12-7-6-8-13-19)21-15-10-9-14-20(21)22(2)23-16-17-24-22/h9-10,14,19,21H,3-8,11-13,15-18H2,1-2H3. The maximum absolute atomic E-state index is 6.08. The number of hydrogen-bond donors (Lipinski definition) is 0. The summed E-state index contributed by atoms with van der Waals surface area (Å²) in [5, 5.41) is 0. The van der Waals surface area contributed by atoms with Crippen LogP contribution in [0.25, 0.3) is 0 Å². The Balaban J connectivity index is 1.75. The van der Waals surface area contributed by atoms with E-state index in [1.807, 2.05) is 0 Å². The molecule has 0 aromatic carbocycles. The molecular formula is C22H37O2P. The largest absolute Gasteiger partial charge is 0.344 e. The summed E-state index contributed by atoms with van der Waals surface area (Å²) in [4.78, 5) is 0. The Morgan fingerprint density at radius 1 is 1.08 bits per heavy atom. The van der Waals surface area contributed by atoms with E-state index >= 15 is 0 Å². The second kappa shape index (κ2) is 9.67. The van der Waals surface area contributed by atoms with Crippen LogP contribution in [0, 0.1) is 0 Å². The topological polar surface area (TPSA) is 18.5 Å². The molecule has 3 heteroatoms. The Kier molecular flexibility index (Phi) is 7.58. The maximum Gasteiger partial charge on any atom is 0.189 e. The van der Waals surface area contributed by atoms with E-state index in [4.69, 9.17) is 9.47 Å². The molecule has 0 aromatic rings. The van der Waals surface area contributed by atoms with Crippen LogP contribution in [-0.4, -0.2) is 36.5 Å². The second-order valence-electron chi connectivity index (χ2n) is 8.03. The summed E-state index contributed by atoms with van der Waals surface area (Å²) in [6.45, 7) is 5.94. The van der Waals surface area contributed by atoms with Gasteiger partial charge in [0.1, 0.15) is 0 Å². The van der Waals surface area contributed by atoms with Crippen molar-refractivity contribution < 1.29 is 9.47 Å². The van der Waals surface area contributed by atoms with Crippen molar-refractivity contribution in [2.45, 2.75) is 95.2 Å². The molecule has 0 aromatic heterocycles. The van der Waals surface area contributed by atoms with Crippen molar-refractivity contribution in [1.82, 2.24) is 0 Å². The van der Waals surface area contributed by atoms with Gasteiger partial charge in [-0.15, -0.1) is 0 Å². The summed E-state index contributed by atoms with van der Waals surface area (Å²) in [7, 11) is 0.0196. The van der Waals surface area contributed by atoms with Crippen molar-refractivity contribution >= 4 is 7.92 Å². The third kappa shape index (κ3) is 4.96. The van der Waals surface area contributed by atoms with Gasteiger partial charge in [0.05, 0.1) is 13.2 Å². The zero-order chi connectivity index (χ0) is 17.5. The summed E-state index contributed by atoms with van der Waals surface area (Å²) in [6.07, 6.45) is 22.4. The maximum atomic E-state index is 6.08. The van der Waals surface area contributed by atoms with Crippen LogP contribution in [0.1, 0.15) is 78.1 Å². The Hall–Kier alpha value is -0.170. The minimum atomic E-state index is -0.464. The summed E-state index contributed by atoms with van der Waals surface area (Å²) >= 11 is 0. The van der Waals surface area contributed by atoms with Gasteiger partial charge in [0.2, 0.25) is 0 Å². The average molecular weight is 365 g/mol. The zero-order valence-electron chi connectivity index (χ0n) is 16.3. The van der Waals surface area contributed by atoms with Gasteiger partial charge in [0, 0.05) is 5.66 Å². The highest BCUT2D eigenvalue weighted by Gasteiger charge is 2.43. The number of unbranched alkanes of at least 4 members (excludes halogenated alkanes) is 3. The van der Waals surface area contributed by atoms with E-state index in [1.165, 1.54) is 75.9 Å². The highest BCUT2D eigenvalue weighted by Crippen LogP contribution is 2.58. The van der Waals surface area contributed by atoms with Crippen LogP contribution in [0.3, 0.4) is 0 Å². The van der Waals surface area contributed by atoms with Crippen LogP contribution in [0.5, 0.6) is 0 Å². The van der Waals surface area contributed by atoms with Crippen LogP contribution in [0.2, 0.25) is 0 Å². The quantitative estimate of drug-likeness (QED) is 0.366. The Morgan fingerprint density at radius 3 is 2.56 bits per heavy atom. The SMILES string of the molecule is CCCCCCP(C1CCCCC1)C1CC=CC=C1C1(C)OCCO1. The molecule has 0 N–H and O–H groups in total. The number of allylic oxidation sites excluding steroid dienone is 3. The molecule has 0 bridgehead atoms. The first-order valence-corrected chi connectivity index (χ1v) is 12.3. The molecule has 1 saturated carbocycles. The molecule has 1 saturated heterocycles. The van der Waals surface area contributed by atoms with E-state index in [2.05, 4.69) is 32.1 Å². The van der Waals surface area contributed by atoms with Gasteiger partial charge in [0.15, 0.2) is 5.79 Å². The van der Waals surface area contributed by atoms with Gasteiger partial charge >= 0.3 is 0 Å². The van der Waals surface area contributed by atoms with Crippen LogP contribution in [0.15, 0.2) is 23.8 Å². The van der Waals surface area contributed by atoms with Gasteiger partial charge in [0.25, 0.3) is 0 Å². The van der Waals surface area contributed by atoms with Gasteiger partial charge in [-0.05, 0) is 50.0 Å². The van der Waals surface area contributed by atoms with Crippen LogP contribution < -0.4 is 0 Å². The van der Waals surface area contributed by atoms with Gasteiger partial charge in [-0.2, -0.15) is 0 Å². The number of ether oxygens (including phenoxy) is 2. The van der Waals surface area contributed by atoms with E-state index in [9.17, 15) is 0 Å². The molecule has 0 amide bonds. The molecule has 25 heavy (non-hydrogen) atoms. The molecule has 3 rings (SSSR count). The number of rotatable bonds is 8. The van der Waals surface area contributed by atoms with Crippen molar-refractivity contribution in [3.05, 3.63) is 23.8 Å². The molecule has 1 heterocycles. The highest BCUT2D eigenvalue weighted by molar-refractivity contribution is 7.59. The van der Waals surface area contributed by atoms with Crippen molar-refractivity contribution in [3.8, 4) is 0 Å². The fourth-order valence-electron chi connectivity index (χ4n) is 4.79. The lowest BCUT2D eigenvalue weighted by Gasteiger charge is -2.42. The average Bonchev–Trinajstić information content (AvgIpc) is 3.10. The van der Waals surface area contributed by atoms with E-state index in [1.54, 1.807) is 0 Å². The molecule has 1 aliphatic heterocycles. The Morgan fingerprint density at radius 2 is 1.84 bits per heavy atom. The van der Waals surface area contributed by atoms with Crippen molar-refractivity contribution in [2.75, 3.05) is 19.4 Å². The predicted molar refractivity (Wildman–Crippen MR) is 109 cm³/mol. The fourth-order valence-corrected chi connectivity index (χ4v) is 8.67. The summed E-state index contributed by atoms with van der Waals surface area (Å²) in [6, 6.07) is 0. The summed E-state index contributed by atoms with van der Waals surface area (Å²) < 4.78 is 12.2. The first-order valence-electron chi connectivity index (χ1n) is 10.7. The van der Waals surface area contributed by atoms with E-state index < -0.39 is 5.79 Å². The highest BCUT2D eigenvalue weighted by atomic mass is 31.1. The Bertz CT molecular complexity index is 459. The van der Waals surface area contributed by atoms with Gasteiger partial charge in [-0.25, -0.2) is 0 Å². The molecule has 2 unspecified atom stereocenters. The minimum Gasteiger partial charge on any atom is -0.344 e. The van der Waals surface area contributed by atoms with Crippen molar-refractivity contribution in [1.29, 1.82) is 0 Å². The van der Waals surface area contributed by atoms with Crippen LogP contribution in [0.4, 0.5) is 0 Å². The van der Waals surface area contributed by atoms with Crippen LogP contribution in [-0.2, 0) is 9.47 Å². The minimum absolute atomic E-state index is 0.0196. The lowest BCUT2D eigenvalue weighted by atomic mass is 9.97. The Labute approximate surface area is 156 Å². The molecule has 2 aliphatic carbocycles. The molecule has 142 valence electrons. The second-order valence-corrected chi connectivity index (χ2v) is 10.9. The van der Waals surface area contributed by atoms with E-state index in [0.717, 1.165) is 18.9 Å². The van der Waals surface area contributed by atoms with E-state index in [0.29, 0.717) is 5.66 Å². The smallest absolute Gasteiger partial charge is 0.189 e. The monoisotopic (exact) mass is 364 g/mol. The third-order valence-electron chi connectivity index (χ3n) is 6.21. The number of hydrogen-bond acceptors (Lipinski definition) is 2. The fraction of sp³-hybridized carbons (Fsp3) is 0.818. The first-order chi connectivity index (χ1) is 12.2. The third-order valence-corrected chi connectivity index (χ3v) is 9.78. The lowest BCUT2D eigenvalue weighted by molar-refractivity contribution is -0.111. The molecule has 0 radical (unpaired) electrons. The zero-order valence-corrected chi connectivity index (χ0v) is 17.2. The van der Waals surface area contributed by atoms with Gasteiger partial charge < -0.3 is 9.47 Å². The molecule has 2 fully saturated rings. The summed E-state index contributed by atoms with van der Waals surface area (Å²) in [5.41, 5.74) is 3.09. The van der Waals surface area contributed by atoms with Crippen LogP contribution >= 0.6 is 7.92 Å². The normalized spacial score (nSPS) is 28.1. The van der Waals surface area contributed by atoms with Gasteiger partial charge in [-0.1, -0.05) is 71.6 Å². The molecule has 2 atom stereocenters. The van der Waals surface area contributed by atoms with Crippen molar-refractivity contribution in [3.63, 3.8) is 0 Å². The molecule has 3 aliphatic rings. The molecular weight excluding hydrogens is 327 g/mol. The van der Waals surface area contributed by atoms with Gasteiger partial charge in [-0.3, -0.25) is 0 Å². The van der Waals surface area contributed by atoms with Crippen molar-refractivity contribution in [2.24, 2.45) is 0 Å². The van der Waals surface area contributed by atoms with E-state index in [-0.39, 0.29) is 7.92 Å². The molecule has 0 spiro atoms. The predicted octanol–water partition coefficient (Wildman–Crippen LogP) is 6.40. The summed E-state index contributed by atoms with van der Waals surface area (Å²) in [5.74, 6) is -0.464. The first kappa shape index (κ1) is 19.6. The molecule has 2 nitrogen and oxygen atoms in total. The lowest BCUT2D eigenvalue weighted by Crippen LogP contribution is -2.36.